The molecule has 0 aromatic carbocycles. The molecule has 52 valence electrons. The van der Waals surface area contributed by atoms with Crippen molar-refractivity contribution in [3.05, 3.63) is 12.2 Å². The quantitative estimate of drug-likeness (QED) is 0.545. The van der Waals surface area contributed by atoms with Gasteiger partial charge in [0.2, 0.25) is 0 Å². The van der Waals surface area contributed by atoms with Crippen LogP contribution in [-0.2, 0) is 4.79 Å². The van der Waals surface area contributed by atoms with Crippen molar-refractivity contribution in [2.75, 3.05) is 0 Å². The van der Waals surface area contributed by atoms with E-state index in [-0.39, 0.29) is 5.78 Å². The number of rotatable bonds is 1. The Bertz CT molecular complexity index is 200. The van der Waals surface area contributed by atoms with Gasteiger partial charge in [0.15, 0.2) is 5.78 Å². The number of carbonyl (C=O) groups excluding carboxylic acids is 1. The van der Waals surface area contributed by atoms with Crippen molar-refractivity contribution in [2.45, 2.75) is 19.3 Å². The first kappa shape index (κ1) is 7.01. The third-order valence-electron chi connectivity index (χ3n) is 1.67. The fraction of sp³-hybridized carbons (Fsp3) is 0.500. The van der Waals surface area contributed by atoms with Crippen molar-refractivity contribution in [1.82, 2.24) is 0 Å². The number of allylic oxidation sites excluding steroid dienone is 2. The second-order valence-electron chi connectivity index (χ2n) is 2.49. The van der Waals surface area contributed by atoms with Crippen molar-refractivity contribution in [1.29, 1.82) is 5.26 Å². The van der Waals surface area contributed by atoms with Crippen LogP contribution in [0.4, 0.5) is 0 Å². The molecule has 0 saturated heterocycles. The zero-order valence-electron chi connectivity index (χ0n) is 5.71. The molecule has 0 saturated carbocycles. The predicted molar refractivity (Wildman–Crippen MR) is 37.1 cm³/mol. The van der Waals surface area contributed by atoms with Crippen LogP contribution >= 0.6 is 0 Å². The Morgan fingerprint density at radius 2 is 2.60 bits per heavy atom. The minimum atomic E-state index is 0.189. The van der Waals surface area contributed by atoms with E-state index < -0.39 is 0 Å². The zero-order chi connectivity index (χ0) is 7.40. The molecule has 1 unspecified atom stereocenters. The van der Waals surface area contributed by atoms with Crippen LogP contribution in [0.5, 0.6) is 0 Å². The molecule has 1 rings (SSSR count). The Morgan fingerprint density at radius 1 is 1.80 bits per heavy atom. The Kier molecular flexibility index (Phi) is 2.22. The molecule has 1 aliphatic rings. The molecule has 0 aliphatic heterocycles. The fourth-order valence-corrected chi connectivity index (χ4v) is 1.04. The van der Waals surface area contributed by atoms with Crippen LogP contribution in [-0.4, -0.2) is 5.78 Å². The summed E-state index contributed by atoms with van der Waals surface area (Å²) in [6.45, 7) is 0. The van der Waals surface area contributed by atoms with E-state index in [0.717, 1.165) is 6.42 Å². The smallest absolute Gasteiger partial charge is 0.155 e. The van der Waals surface area contributed by atoms with Gasteiger partial charge in [-0.2, -0.15) is 5.26 Å². The molecular weight excluding hydrogens is 126 g/mol. The third kappa shape index (κ3) is 1.70. The molecule has 0 aromatic heterocycles. The van der Waals surface area contributed by atoms with E-state index in [1.165, 1.54) is 0 Å². The highest BCUT2D eigenvalue weighted by molar-refractivity contribution is 5.90. The van der Waals surface area contributed by atoms with Gasteiger partial charge in [-0.15, -0.1) is 0 Å². The highest BCUT2D eigenvalue weighted by Crippen LogP contribution is 2.17. The summed E-state index contributed by atoms with van der Waals surface area (Å²) in [5, 5.41) is 8.32. The van der Waals surface area contributed by atoms with Crippen LogP contribution in [0.15, 0.2) is 12.2 Å². The summed E-state index contributed by atoms with van der Waals surface area (Å²) in [7, 11) is 0. The van der Waals surface area contributed by atoms with Gasteiger partial charge >= 0.3 is 0 Å². The van der Waals surface area contributed by atoms with E-state index in [9.17, 15) is 4.79 Å². The maximum absolute atomic E-state index is 10.6. The average Bonchev–Trinajstić information content (AvgIpc) is 1.95. The molecule has 2 nitrogen and oxygen atoms in total. The number of ketones is 1. The summed E-state index contributed by atoms with van der Waals surface area (Å²) >= 11 is 0. The molecule has 0 fully saturated rings. The molecular formula is C8H9NO. The van der Waals surface area contributed by atoms with Gasteiger partial charge in [0.25, 0.3) is 0 Å². The highest BCUT2D eigenvalue weighted by Gasteiger charge is 2.11. The van der Waals surface area contributed by atoms with E-state index in [1.54, 1.807) is 6.08 Å². The minimum Gasteiger partial charge on any atom is -0.295 e. The second kappa shape index (κ2) is 3.17. The minimum absolute atomic E-state index is 0.189. The maximum atomic E-state index is 10.6. The van der Waals surface area contributed by atoms with Gasteiger partial charge in [-0.25, -0.2) is 0 Å². The van der Waals surface area contributed by atoms with Crippen molar-refractivity contribution in [2.24, 2.45) is 5.92 Å². The van der Waals surface area contributed by atoms with Gasteiger partial charge in [-0.1, -0.05) is 6.08 Å². The summed E-state index contributed by atoms with van der Waals surface area (Å²) in [6.07, 6.45) is 5.44. The second-order valence-corrected chi connectivity index (χ2v) is 2.49. The lowest BCUT2D eigenvalue weighted by Crippen LogP contribution is -2.06. The monoisotopic (exact) mass is 135 g/mol. The largest absolute Gasteiger partial charge is 0.295 e. The van der Waals surface area contributed by atoms with Crippen LogP contribution in [0.3, 0.4) is 0 Å². The zero-order valence-corrected chi connectivity index (χ0v) is 5.71. The first-order valence-corrected chi connectivity index (χ1v) is 3.41. The molecule has 0 aromatic rings. The first-order chi connectivity index (χ1) is 4.83. The molecule has 10 heavy (non-hydrogen) atoms. The third-order valence-corrected chi connectivity index (χ3v) is 1.67. The molecule has 1 aliphatic carbocycles. The van der Waals surface area contributed by atoms with E-state index in [2.05, 4.69) is 6.07 Å². The number of carbonyl (C=O) groups is 1. The Morgan fingerprint density at radius 3 is 3.10 bits per heavy atom. The van der Waals surface area contributed by atoms with Gasteiger partial charge in [0.1, 0.15) is 0 Å². The number of hydrogen-bond acceptors (Lipinski definition) is 2. The Hall–Kier alpha value is -1.10. The molecule has 0 amide bonds. The Balaban J connectivity index is 2.46. The Labute approximate surface area is 60.2 Å². The number of nitrogens with zero attached hydrogens (tertiary/aromatic N) is 1. The SMILES string of the molecule is N#CCC1C=CC(=O)CC1. The lowest BCUT2D eigenvalue weighted by molar-refractivity contribution is -0.115. The summed E-state index contributed by atoms with van der Waals surface area (Å²) in [5.74, 6) is 0.511. The van der Waals surface area contributed by atoms with Crippen LogP contribution < -0.4 is 0 Å². The van der Waals surface area contributed by atoms with Gasteiger partial charge in [0, 0.05) is 12.8 Å². The predicted octanol–water partition coefficient (Wildman–Crippen LogP) is 1.44. The summed E-state index contributed by atoms with van der Waals surface area (Å²) in [6, 6.07) is 2.09. The summed E-state index contributed by atoms with van der Waals surface area (Å²) in [5.41, 5.74) is 0. The topological polar surface area (TPSA) is 40.9 Å². The van der Waals surface area contributed by atoms with Crippen molar-refractivity contribution in [3.63, 3.8) is 0 Å². The summed E-state index contributed by atoms with van der Waals surface area (Å²) < 4.78 is 0. The lowest BCUT2D eigenvalue weighted by atomic mass is 9.93. The van der Waals surface area contributed by atoms with E-state index in [4.69, 9.17) is 5.26 Å². The van der Waals surface area contributed by atoms with Gasteiger partial charge < -0.3 is 0 Å². The van der Waals surface area contributed by atoms with Gasteiger partial charge in [-0.3, -0.25) is 4.79 Å². The van der Waals surface area contributed by atoms with Crippen LogP contribution in [0, 0.1) is 17.2 Å². The molecule has 0 N–H and O–H groups in total. The van der Waals surface area contributed by atoms with Crippen LogP contribution in [0.2, 0.25) is 0 Å². The van der Waals surface area contributed by atoms with Crippen LogP contribution in [0.25, 0.3) is 0 Å². The molecule has 0 spiro atoms. The fourth-order valence-electron chi connectivity index (χ4n) is 1.04. The highest BCUT2D eigenvalue weighted by atomic mass is 16.1. The molecule has 2 heteroatoms. The molecule has 1 atom stereocenters. The van der Waals surface area contributed by atoms with Crippen molar-refractivity contribution in [3.8, 4) is 6.07 Å². The molecule has 0 radical (unpaired) electrons. The normalized spacial score (nSPS) is 24.3. The average molecular weight is 135 g/mol. The number of nitriles is 1. The van der Waals surface area contributed by atoms with Gasteiger partial charge in [0.05, 0.1) is 6.07 Å². The standard InChI is InChI=1S/C8H9NO/c9-6-5-7-1-3-8(10)4-2-7/h1,3,7H,2,4-5H2. The maximum Gasteiger partial charge on any atom is 0.155 e. The van der Waals surface area contributed by atoms with Gasteiger partial charge in [-0.05, 0) is 18.4 Å². The van der Waals surface area contributed by atoms with Crippen LogP contribution in [0.1, 0.15) is 19.3 Å². The van der Waals surface area contributed by atoms with E-state index in [0.29, 0.717) is 18.8 Å². The lowest BCUT2D eigenvalue weighted by Gasteiger charge is -2.10. The van der Waals surface area contributed by atoms with Crippen molar-refractivity contribution < 1.29 is 4.79 Å². The number of hydrogen-bond donors (Lipinski definition) is 0. The molecule has 0 heterocycles. The summed E-state index contributed by atoms with van der Waals surface area (Å²) in [4.78, 5) is 10.6. The van der Waals surface area contributed by atoms with Crippen molar-refractivity contribution >= 4 is 5.78 Å². The first-order valence-electron chi connectivity index (χ1n) is 3.41. The van der Waals surface area contributed by atoms with E-state index in [1.807, 2.05) is 6.08 Å². The molecule has 0 bridgehead atoms. The van der Waals surface area contributed by atoms with E-state index >= 15 is 0 Å².